The first-order chi connectivity index (χ1) is 8.09. The first kappa shape index (κ1) is 15.4. The van der Waals surface area contributed by atoms with E-state index in [1.807, 2.05) is 34.6 Å². The van der Waals surface area contributed by atoms with Gasteiger partial charge in [0.2, 0.25) is 0 Å². The lowest BCUT2D eigenvalue weighted by molar-refractivity contribution is 0.402. The summed E-state index contributed by atoms with van der Waals surface area (Å²) in [5.74, 6) is 0.947. The smallest absolute Gasteiger partial charge is 0.296 e. The van der Waals surface area contributed by atoms with Crippen LogP contribution in [0.1, 0.15) is 46.9 Å². The molecule has 0 aromatic carbocycles. The topological polar surface area (TPSA) is 64.8 Å². The Kier molecular flexibility index (Phi) is 4.43. The van der Waals surface area contributed by atoms with E-state index in [1.54, 1.807) is 4.57 Å². The molecule has 0 saturated carbocycles. The zero-order valence-corrected chi connectivity index (χ0v) is 13.0. The molecular formula is C11H20ClN3O2S. The highest BCUT2D eigenvalue weighted by Crippen LogP contribution is 2.28. The van der Waals surface area contributed by atoms with Crippen molar-refractivity contribution < 1.29 is 8.42 Å². The van der Waals surface area contributed by atoms with Crippen LogP contribution >= 0.6 is 10.7 Å². The highest BCUT2D eigenvalue weighted by atomic mass is 35.7. The quantitative estimate of drug-likeness (QED) is 0.783. The fourth-order valence-electron chi connectivity index (χ4n) is 1.66. The maximum atomic E-state index is 11.5. The van der Waals surface area contributed by atoms with E-state index in [2.05, 4.69) is 10.2 Å². The van der Waals surface area contributed by atoms with Gasteiger partial charge in [0.25, 0.3) is 14.2 Å². The van der Waals surface area contributed by atoms with E-state index in [4.69, 9.17) is 10.7 Å². The molecule has 0 N–H and O–H groups in total. The predicted octanol–water partition coefficient (Wildman–Crippen LogP) is 2.55. The number of nitrogens with zero attached hydrogens (tertiary/aromatic N) is 3. The number of rotatable bonds is 5. The molecule has 0 unspecified atom stereocenters. The summed E-state index contributed by atoms with van der Waals surface area (Å²) in [6.45, 7) is 10.6. The normalized spacial score (nSPS) is 13.3. The summed E-state index contributed by atoms with van der Waals surface area (Å²) in [5.41, 5.74) is -0.234. The van der Waals surface area contributed by atoms with Gasteiger partial charge in [-0.3, -0.25) is 0 Å². The van der Waals surface area contributed by atoms with Gasteiger partial charge in [-0.15, -0.1) is 10.2 Å². The number of halogens is 1. The van der Waals surface area contributed by atoms with Crippen LogP contribution in [-0.2, 0) is 21.0 Å². The van der Waals surface area contributed by atoms with Gasteiger partial charge in [0.1, 0.15) is 5.82 Å². The average molecular weight is 294 g/mol. The highest BCUT2D eigenvalue weighted by molar-refractivity contribution is 8.13. The van der Waals surface area contributed by atoms with Gasteiger partial charge < -0.3 is 4.57 Å². The molecule has 18 heavy (non-hydrogen) atoms. The molecule has 7 heteroatoms. The van der Waals surface area contributed by atoms with E-state index in [-0.39, 0.29) is 16.5 Å². The summed E-state index contributed by atoms with van der Waals surface area (Å²) in [4.78, 5) is 0. The van der Waals surface area contributed by atoms with Gasteiger partial charge >= 0.3 is 0 Å². The summed E-state index contributed by atoms with van der Waals surface area (Å²) in [7, 11) is 1.54. The molecule has 1 aromatic rings. The predicted molar refractivity (Wildman–Crippen MR) is 71.2 cm³/mol. The van der Waals surface area contributed by atoms with Gasteiger partial charge in [-0.2, -0.15) is 0 Å². The molecule has 0 bridgehead atoms. The summed E-state index contributed by atoms with van der Waals surface area (Å²) < 4.78 is 24.6. The Bertz CT molecular complexity index is 520. The van der Waals surface area contributed by atoms with Crippen molar-refractivity contribution in [1.82, 2.24) is 14.8 Å². The third-order valence-corrected chi connectivity index (χ3v) is 4.12. The maximum Gasteiger partial charge on any atom is 0.296 e. The highest BCUT2D eigenvalue weighted by Gasteiger charge is 2.30. The second kappa shape index (κ2) is 5.17. The zero-order chi connectivity index (χ0) is 14.1. The van der Waals surface area contributed by atoms with E-state index in [0.717, 1.165) is 6.42 Å². The number of hydrogen-bond acceptors (Lipinski definition) is 4. The van der Waals surface area contributed by atoms with Gasteiger partial charge in [-0.05, 0) is 12.3 Å². The molecule has 5 nitrogen and oxygen atoms in total. The molecular weight excluding hydrogens is 274 g/mol. The largest absolute Gasteiger partial charge is 0.300 e. The fourth-order valence-corrected chi connectivity index (χ4v) is 2.56. The molecule has 0 atom stereocenters. The van der Waals surface area contributed by atoms with Crippen molar-refractivity contribution >= 4 is 19.7 Å². The van der Waals surface area contributed by atoms with Crippen molar-refractivity contribution in [3.8, 4) is 0 Å². The Morgan fingerprint density at radius 1 is 1.33 bits per heavy atom. The molecule has 1 aromatic heterocycles. The van der Waals surface area contributed by atoms with E-state index in [0.29, 0.717) is 12.4 Å². The number of hydrogen-bond donors (Lipinski definition) is 0. The van der Waals surface area contributed by atoms with Gasteiger partial charge in [-0.25, -0.2) is 8.42 Å². The van der Waals surface area contributed by atoms with Gasteiger partial charge in [-0.1, -0.05) is 34.6 Å². The Morgan fingerprint density at radius 3 is 2.28 bits per heavy atom. The zero-order valence-electron chi connectivity index (χ0n) is 11.4. The molecule has 0 aliphatic rings. The first-order valence-electron chi connectivity index (χ1n) is 5.98. The Morgan fingerprint density at radius 2 is 1.89 bits per heavy atom. The molecule has 0 spiro atoms. The van der Waals surface area contributed by atoms with Crippen LogP contribution in [0.15, 0.2) is 5.16 Å². The lowest BCUT2D eigenvalue weighted by atomic mass is 9.89. The minimum absolute atomic E-state index is 0.158. The molecule has 1 heterocycles. The molecule has 0 amide bonds. The molecule has 1 rings (SSSR count). The van der Waals surface area contributed by atoms with E-state index in [9.17, 15) is 8.42 Å². The van der Waals surface area contributed by atoms with Crippen LogP contribution in [-0.4, -0.2) is 23.2 Å². The summed E-state index contributed by atoms with van der Waals surface area (Å²) >= 11 is 0. The lowest BCUT2D eigenvalue weighted by Crippen LogP contribution is -2.24. The molecule has 0 fully saturated rings. The Hall–Kier alpha value is -0.620. The second-order valence-electron chi connectivity index (χ2n) is 5.49. The SMILES string of the molecule is CCC(C)(C)c1nnc(S(=O)(=O)Cl)n1CC(C)C. The second-order valence-corrected chi connectivity index (χ2v) is 7.95. The first-order valence-corrected chi connectivity index (χ1v) is 8.29. The van der Waals surface area contributed by atoms with Crippen LogP contribution in [0.3, 0.4) is 0 Å². The van der Waals surface area contributed by atoms with Crippen LogP contribution in [0, 0.1) is 5.92 Å². The van der Waals surface area contributed by atoms with Gasteiger partial charge in [0, 0.05) is 22.6 Å². The third-order valence-electron chi connectivity index (χ3n) is 2.97. The molecule has 104 valence electrons. The minimum Gasteiger partial charge on any atom is -0.300 e. The third kappa shape index (κ3) is 3.23. The van der Waals surface area contributed by atoms with Crippen molar-refractivity contribution in [3.05, 3.63) is 5.82 Å². The van der Waals surface area contributed by atoms with Crippen LogP contribution in [0.5, 0.6) is 0 Å². The van der Waals surface area contributed by atoms with Crippen molar-refractivity contribution in [2.75, 3.05) is 0 Å². The summed E-state index contributed by atoms with van der Waals surface area (Å²) in [6, 6.07) is 0. The van der Waals surface area contributed by atoms with Crippen LogP contribution in [0.4, 0.5) is 0 Å². The van der Waals surface area contributed by atoms with Crippen molar-refractivity contribution in [2.24, 2.45) is 5.92 Å². The number of aromatic nitrogens is 3. The van der Waals surface area contributed by atoms with E-state index < -0.39 is 9.05 Å². The maximum absolute atomic E-state index is 11.5. The lowest BCUT2D eigenvalue weighted by Gasteiger charge is -2.23. The summed E-state index contributed by atoms with van der Waals surface area (Å²) in [5, 5.41) is 7.62. The van der Waals surface area contributed by atoms with Crippen molar-refractivity contribution in [3.63, 3.8) is 0 Å². The van der Waals surface area contributed by atoms with Crippen LogP contribution < -0.4 is 0 Å². The van der Waals surface area contributed by atoms with Gasteiger partial charge in [0.15, 0.2) is 0 Å². The van der Waals surface area contributed by atoms with Crippen molar-refractivity contribution in [2.45, 2.75) is 58.2 Å². The fraction of sp³-hybridized carbons (Fsp3) is 0.818. The van der Waals surface area contributed by atoms with Crippen LogP contribution in [0.2, 0.25) is 0 Å². The van der Waals surface area contributed by atoms with Crippen LogP contribution in [0.25, 0.3) is 0 Å². The van der Waals surface area contributed by atoms with E-state index >= 15 is 0 Å². The standard InChI is InChI=1S/C11H20ClN3O2S/c1-6-11(4,5)9-13-14-10(18(12,16)17)15(9)7-8(2)3/h8H,6-7H2,1-5H3. The molecule has 0 aliphatic carbocycles. The molecule has 0 radical (unpaired) electrons. The summed E-state index contributed by atoms with van der Waals surface area (Å²) in [6.07, 6.45) is 0.839. The Labute approximate surface area is 113 Å². The van der Waals surface area contributed by atoms with E-state index in [1.165, 1.54) is 0 Å². The van der Waals surface area contributed by atoms with Crippen molar-refractivity contribution in [1.29, 1.82) is 0 Å². The molecule has 0 saturated heterocycles. The minimum atomic E-state index is -3.87. The van der Waals surface area contributed by atoms with Gasteiger partial charge in [0.05, 0.1) is 0 Å². The monoisotopic (exact) mass is 293 g/mol. The Balaban J connectivity index is 3.42. The molecule has 0 aliphatic heterocycles. The average Bonchev–Trinajstić information content (AvgIpc) is 2.60.